The second-order valence-corrected chi connectivity index (χ2v) is 6.60. The third kappa shape index (κ3) is 5.86. The smallest absolute Gasteiger partial charge is 0.147 e. The summed E-state index contributed by atoms with van der Waals surface area (Å²) >= 11 is 6.13. The van der Waals surface area contributed by atoms with E-state index in [0.717, 1.165) is 12.8 Å². The summed E-state index contributed by atoms with van der Waals surface area (Å²) in [6, 6.07) is 5.23. The second-order valence-electron chi connectivity index (χ2n) is 6.20. The van der Waals surface area contributed by atoms with Gasteiger partial charge in [-0.15, -0.1) is 0 Å². The number of para-hydroxylation sites is 1. The predicted octanol–water partition coefficient (Wildman–Crippen LogP) is 6.56. The van der Waals surface area contributed by atoms with Crippen LogP contribution in [0, 0.1) is 5.82 Å². The Morgan fingerprint density at radius 1 is 0.857 bits per heavy atom. The fourth-order valence-electron chi connectivity index (χ4n) is 3.15. The van der Waals surface area contributed by atoms with Gasteiger partial charge in [0.15, 0.2) is 0 Å². The molecule has 1 aliphatic carbocycles. The lowest BCUT2D eigenvalue weighted by Crippen LogP contribution is -2.20. The molecule has 1 aliphatic rings. The number of rotatable bonds is 2. The van der Waals surface area contributed by atoms with E-state index < -0.39 is 0 Å². The topological polar surface area (TPSA) is 12.0 Å². The van der Waals surface area contributed by atoms with E-state index in [-0.39, 0.29) is 5.82 Å². The Bertz CT molecular complexity index is 389. The summed E-state index contributed by atoms with van der Waals surface area (Å²) in [5.74, 6) is -0.242. The third-order valence-electron chi connectivity index (χ3n) is 4.42. The molecule has 0 heterocycles. The molecule has 0 atom stereocenters. The quantitative estimate of drug-likeness (QED) is 0.651. The molecule has 0 saturated heterocycles. The van der Waals surface area contributed by atoms with Crippen LogP contribution >= 0.6 is 11.6 Å². The molecule has 0 aliphatic heterocycles. The third-order valence-corrected chi connectivity index (χ3v) is 4.73. The average molecular weight is 312 g/mol. The van der Waals surface area contributed by atoms with Gasteiger partial charge in [0.25, 0.3) is 0 Å². The molecule has 0 bridgehead atoms. The number of nitrogens with one attached hydrogen (secondary N) is 1. The van der Waals surface area contributed by atoms with Crippen LogP contribution in [-0.2, 0) is 0 Å². The minimum absolute atomic E-state index is 0.242. The molecule has 2 rings (SSSR count). The molecule has 1 saturated carbocycles. The molecule has 0 unspecified atom stereocenters. The first-order valence-electron chi connectivity index (χ1n) is 8.48. The predicted molar refractivity (Wildman–Crippen MR) is 89.6 cm³/mol. The molecule has 0 amide bonds. The van der Waals surface area contributed by atoms with Gasteiger partial charge in [0.2, 0.25) is 0 Å². The second kappa shape index (κ2) is 9.30. The van der Waals surface area contributed by atoms with Gasteiger partial charge in [-0.3, -0.25) is 0 Å². The minimum Gasteiger partial charge on any atom is -0.379 e. The van der Waals surface area contributed by atoms with E-state index in [9.17, 15) is 4.39 Å². The van der Waals surface area contributed by atoms with Crippen LogP contribution in [0.5, 0.6) is 0 Å². The lowest BCUT2D eigenvalue weighted by molar-refractivity contribution is 0.478. The number of benzene rings is 1. The molecule has 0 spiro atoms. The van der Waals surface area contributed by atoms with Gasteiger partial charge in [0.05, 0.1) is 10.7 Å². The first-order chi connectivity index (χ1) is 10.3. The largest absolute Gasteiger partial charge is 0.379 e. The van der Waals surface area contributed by atoms with Gasteiger partial charge in [-0.05, 0) is 25.0 Å². The molecule has 0 aromatic heterocycles. The molecule has 1 fully saturated rings. The summed E-state index contributed by atoms with van der Waals surface area (Å²) in [5, 5.41) is 3.85. The van der Waals surface area contributed by atoms with E-state index in [1.165, 1.54) is 63.9 Å². The maximum absolute atomic E-state index is 13.9. The Balaban J connectivity index is 1.94. The van der Waals surface area contributed by atoms with Crippen LogP contribution in [0.4, 0.5) is 10.1 Å². The number of hydrogen-bond donors (Lipinski definition) is 1. The Labute approximate surface area is 133 Å². The van der Waals surface area contributed by atoms with Gasteiger partial charge >= 0.3 is 0 Å². The van der Waals surface area contributed by atoms with Crippen LogP contribution in [0.15, 0.2) is 18.2 Å². The van der Waals surface area contributed by atoms with E-state index in [1.54, 1.807) is 12.1 Å². The summed E-state index contributed by atoms with van der Waals surface area (Å²) in [4.78, 5) is 0. The molecule has 1 aromatic carbocycles. The van der Waals surface area contributed by atoms with E-state index in [4.69, 9.17) is 11.6 Å². The Morgan fingerprint density at radius 3 is 1.90 bits per heavy atom. The fourth-order valence-corrected chi connectivity index (χ4v) is 3.36. The Kier molecular flexibility index (Phi) is 7.35. The zero-order chi connectivity index (χ0) is 14.9. The fraction of sp³-hybridized carbons (Fsp3) is 0.667. The van der Waals surface area contributed by atoms with Crippen molar-refractivity contribution in [3.05, 3.63) is 29.0 Å². The maximum Gasteiger partial charge on any atom is 0.147 e. The van der Waals surface area contributed by atoms with E-state index in [1.807, 2.05) is 0 Å². The van der Waals surface area contributed by atoms with Gasteiger partial charge in [0, 0.05) is 6.04 Å². The van der Waals surface area contributed by atoms with Crippen LogP contribution in [0.1, 0.15) is 70.6 Å². The summed E-state index contributed by atoms with van der Waals surface area (Å²) < 4.78 is 13.9. The van der Waals surface area contributed by atoms with E-state index >= 15 is 0 Å². The van der Waals surface area contributed by atoms with E-state index in [0.29, 0.717) is 16.8 Å². The highest BCUT2D eigenvalue weighted by atomic mass is 35.5. The van der Waals surface area contributed by atoms with Gasteiger partial charge in [0.1, 0.15) is 5.82 Å². The molecule has 1 aromatic rings. The number of halogens is 2. The standard InChI is InChI=1S/C18H27ClFN/c19-16-13-10-14-17(20)18(16)21-15-11-8-6-4-2-1-3-5-7-9-12-15/h10,13-15,21H,1-9,11-12H2. The minimum atomic E-state index is -0.242. The van der Waals surface area contributed by atoms with Crippen molar-refractivity contribution in [2.75, 3.05) is 5.32 Å². The normalized spacial score (nSPS) is 19.5. The first-order valence-corrected chi connectivity index (χ1v) is 8.86. The Morgan fingerprint density at radius 2 is 1.38 bits per heavy atom. The zero-order valence-electron chi connectivity index (χ0n) is 12.8. The lowest BCUT2D eigenvalue weighted by atomic mass is 9.97. The molecule has 1 N–H and O–H groups in total. The lowest BCUT2D eigenvalue weighted by Gasteiger charge is -2.21. The van der Waals surface area contributed by atoms with Crippen LogP contribution in [0.2, 0.25) is 5.02 Å². The SMILES string of the molecule is Fc1cccc(Cl)c1NC1CCCCCCCCCCC1. The van der Waals surface area contributed by atoms with Crippen molar-refractivity contribution >= 4 is 17.3 Å². The van der Waals surface area contributed by atoms with Crippen LogP contribution in [-0.4, -0.2) is 6.04 Å². The van der Waals surface area contributed by atoms with Crippen molar-refractivity contribution < 1.29 is 4.39 Å². The van der Waals surface area contributed by atoms with Crippen LogP contribution in [0.25, 0.3) is 0 Å². The highest BCUT2D eigenvalue weighted by Crippen LogP contribution is 2.27. The summed E-state index contributed by atoms with van der Waals surface area (Å²) in [6.07, 6.45) is 14.1. The van der Waals surface area contributed by atoms with Gasteiger partial charge in [-0.2, -0.15) is 0 Å². The molecular weight excluding hydrogens is 285 g/mol. The summed E-state index contributed by atoms with van der Waals surface area (Å²) in [7, 11) is 0. The van der Waals surface area contributed by atoms with Crippen molar-refractivity contribution in [2.24, 2.45) is 0 Å². The number of hydrogen-bond acceptors (Lipinski definition) is 1. The monoisotopic (exact) mass is 311 g/mol. The van der Waals surface area contributed by atoms with Gasteiger partial charge in [-0.25, -0.2) is 4.39 Å². The van der Waals surface area contributed by atoms with Crippen molar-refractivity contribution in [2.45, 2.75) is 76.7 Å². The number of anilines is 1. The summed E-state index contributed by atoms with van der Waals surface area (Å²) in [5.41, 5.74) is 0.483. The van der Waals surface area contributed by atoms with Crippen LogP contribution in [0.3, 0.4) is 0 Å². The average Bonchev–Trinajstić information content (AvgIpc) is 2.45. The van der Waals surface area contributed by atoms with Crippen LogP contribution < -0.4 is 5.32 Å². The first kappa shape index (κ1) is 16.6. The van der Waals surface area contributed by atoms with Crippen molar-refractivity contribution in [1.29, 1.82) is 0 Å². The molecule has 21 heavy (non-hydrogen) atoms. The molecular formula is C18H27ClFN. The van der Waals surface area contributed by atoms with Crippen molar-refractivity contribution in [3.8, 4) is 0 Å². The highest BCUT2D eigenvalue weighted by molar-refractivity contribution is 6.33. The van der Waals surface area contributed by atoms with E-state index in [2.05, 4.69) is 5.32 Å². The highest BCUT2D eigenvalue weighted by Gasteiger charge is 2.13. The van der Waals surface area contributed by atoms with Gasteiger partial charge < -0.3 is 5.32 Å². The zero-order valence-corrected chi connectivity index (χ0v) is 13.6. The Hall–Kier alpha value is -0.760. The molecule has 1 nitrogen and oxygen atoms in total. The van der Waals surface area contributed by atoms with Crippen molar-refractivity contribution in [3.63, 3.8) is 0 Å². The molecule has 0 radical (unpaired) electrons. The van der Waals surface area contributed by atoms with Gasteiger partial charge in [-0.1, -0.05) is 75.5 Å². The maximum atomic E-state index is 13.9. The molecule has 118 valence electrons. The molecule has 3 heteroatoms. The summed E-state index contributed by atoms with van der Waals surface area (Å²) in [6.45, 7) is 0. The van der Waals surface area contributed by atoms with Crippen molar-refractivity contribution in [1.82, 2.24) is 0 Å².